The number of thiazole rings is 1. The fraction of sp³-hybridized carbons (Fsp3) is 0.800. The summed E-state index contributed by atoms with van der Waals surface area (Å²) in [4.78, 5) is 8.65. The molecule has 0 spiro atoms. The van der Waals surface area contributed by atoms with Crippen molar-refractivity contribution in [2.24, 2.45) is 0 Å². The second-order valence-electron chi connectivity index (χ2n) is 6.39. The minimum atomic E-state index is 0.406. The molecule has 114 valence electrons. The van der Waals surface area contributed by atoms with Gasteiger partial charge in [0.2, 0.25) is 0 Å². The number of hydrogen-bond acceptors (Lipinski definition) is 5. The summed E-state index contributed by atoms with van der Waals surface area (Å²) in [5.41, 5.74) is 1.19. The number of hydrogen-bond donors (Lipinski definition) is 1. The highest BCUT2D eigenvalue weighted by Crippen LogP contribution is 2.34. The van der Waals surface area contributed by atoms with E-state index in [-0.39, 0.29) is 0 Å². The molecule has 20 heavy (non-hydrogen) atoms. The summed E-state index contributed by atoms with van der Waals surface area (Å²) in [5, 5.41) is 4.70. The molecule has 0 radical (unpaired) electrons. The molecule has 1 N–H and O–H groups in total. The standard InChI is InChI=1S/C15H27N3S2/c1-11(2)16-10-13-12(3)17-14(20-13)18-7-6-15(4,5)19-9-8-18/h11,16H,6-10H2,1-5H3. The highest BCUT2D eigenvalue weighted by atomic mass is 32.2. The van der Waals surface area contributed by atoms with Gasteiger partial charge < -0.3 is 10.2 Å². The van der Waals surface area contributed by atoms with Gasteiger partial charge in [-0.3, -0.25) is 0 Å². The van der Waals surface area contributed by atoms with Gasteiger partial charge in [0.15, 0.2) is 5.13 Å². The topological polar surface area (TPSA) is 28.2 Å². The van der Waals surface area contributed by atoms with Crippen LogP contribution in [0.5, 0.6) is 0 Å². The molecule has 1 aromatic rings. The maximum absolute atomic E-state index is 4.80. The van der Waals surface area contributed by atoms with Crippen LogP contribution in [0, 0.1) is 6.92 Å². The van der Waals surface area contributed by atoms with Crippen molar-refractivity contribution in [2.45, 2.75) is 58.4 Å². The summed E-state index contributed by atoms with van der Waals surface area (Å²) in [6.07, 6.45) is 1.23. The molecule has 1 aromatic heterocycles. The molecular formula is C15H27N3S2. The van der Waals surface area contributed by atoms with Gasteiger partial charge in [-0.1, -0.05) is 27.7 Å². The molecule has 0 aliphatic carbocycles. The maximum atomic E-state index is 4.80. The van der Waals surface area contributed by atoms with E-state index in [1.807, 2.05) is 11.3 Å². The number of aromatic nitrogens is 1. The molecule has 2 heterocycles. The quantitative estimate of drug-likeness (QED) is 0.918. The molecule has 3 nitrogen and oxygen atoms in total. The normalized spacial score (nSPS) is 19.4. The molecule has 0 amide bonds. The van der Waals surface area contributed by atoms with E-state index in [1.54, 1.807) is 0 Å². The van der Waals surface area contributed by atoms with Gasteiger partial charge in [-0.2, -0.15) is 11.8 Å². The molecular weight excluding hydrogens is 286 g/mol. The monoisotopic (exact) mass is 313 g/mol. The lowest BCUT2D eigenvalue weighted by atomic mass is 10.1. The summed E-state index contributed by atoms with van der Waals surface area (Å²) in [6, 6.07) is 0.523. The predicted molar refractivity (Wildman–Crippen MR) is 92.2 cm³/mol. The van der Waals surface area contributed by atoms with Gasteiger partial charge in [0, 0.05) is 41.1 Å². The summed E-state index contributed by atoms with van der Waals surface area (Å²) >= 11 is 3.95. The third-order valence-electron chi connectivity index (χ3n) is 3.66. The zero-order valence-corrected chi connectivity index (χ0v) is 15.0. The second kappa shape index (κ2) is 6.67. The number of nitrogens with one attached hydrogen (secondary N) is 1. The molecule has 0 bridgehead atoms. The third kappa shape index (κ3) is 4.37. The molecule has 0 atom stereocenters. The van der Waals surface area contributed by atoms with E-state index in [2.05, 4.69) is 56.6 Å². The fourth-order valence-electron chi connectivity index (χ4n) is 2.22. The SMILES string of the molecule is Cc1nc(N2CCSC(C)(C)CC2)sc1CNC(C)C. The van der Waals surface area contributed by atoms with Crippen LogP contribution < -0.4 is 10.2 Å². The summed E-state index contributed by atoms with van der Waals surface area (Å²) < 4.78 is 0.406. The van der Waals surface area contributed by atoms with E-state index in [4.69, 9.17) is 4.98 Å². The Kier molecular flexibility index (Phi) is 5.37. The Morgan fingerprint density at radius 2 is 2.10 bits per heavy atom. The molecule has 0 saturated carbocycles. The van der Waals surface area contributed by atoms with Crippen LogP contribution >= 0.6 is 23.1 Å². The van der Waals surface area contributed by atoms with Crippen LogP contribution in [0.25, 0.3) is 0 Å². The Hall–Kier alpha value is -0.260. The lowest BCUT2D eigenvalue weighted by Crippen LogP contribution is -2.26. The average molecular weight is 314 g/mol. The Morgan fingerprint density at radius 3 is 2.80 bits per heavy atom. The average Bonchev–Trinajstić information content (AvgIpc) is 2.61. The molecule has 1 saturated heterocycles. The maximum Gasteiger partial charge on any atom is 0.185 e. The van der Waals surface area contributed by atoms with E-state index in [0.717, 1.165) is 19.6 Å². The van der Waals surface area contributed by atoms with Gasteiger partial charge in [-0.25, -0.2) is 4.98 Å². The molecule has 5 heteroatoms. The number of aryl methyl sites for hydroxylation is 1. The van der Waals surface area contributed by atoms with Crippen molar-refractivity contribution >= 4 is 28.2 Å². The Labute approximate surface area is 131 Å². The lowest BCUT2D eigenvalue weighted by Gasteiger charge is -2.22. The smallest absolute Gasteiger partial charge is 0.185 e. The summed E-state index contributed by atoms with van der Waals surface area (Å²) in [7, 11) is 0. The molecule has 0 unspecified atom stereocenters. The highest BCUT2D eigenvalue weighted by molar-refractivity contribution is 8.00. The fourth-order valence-corrected chi connectivity index (χ4v) is 4.38. The van der Waals surface area contributed by atoms with E-state index in [1.165, 1.54) is 27.9 Å². The van der Waals surface area contributed by atoms with Gasteiger partial charge in [0.25, 0.3) is 0 Å². The Morgan fingerprint density at radius 1 is 1.35 bits per heavy atom. The van der Waals surface area contributed by atoms with Gasteiger partial charge in [0.05, 0.1) is 5.69 Å². The van der Waals surface area contributed by atoms with Gasteiger partial charge in [-0.15, -0.1) is 11.3 Å². The van der Waals surface area contributed by atoms with E-state index in [9.17, 15) is 0 Å². The second-order valence-corrected chi connectivity index (χ2v) is 9.25. The first-order valence-corrected chi connectivity index (χ1v) is 9.26. The van der Waals surface area contributed by atoms with Crippen LogP contribution in [0.3, 0.4) is 0 Å². The van der Waals surface area contributed by atoms with E-state index >= 15 is 0 Å². The van der Waals surface area contributed by atoms with Crippen molar-refractivity contribution < 1.29 is 0 Å². The van der Waals surface area contributed by atoms with Gasteiger partial charge >= 0.3 is 0 Å². The minimum Gasteiger partial charge on any atom is -0.347 e. The van der Waals surface area contributed by atoms with E-state index in [0.29, 0.717) is 10.8 Å². The van der Waals surface area contributed by atoms with Crippen molar-refractivity contribution in [1.29, 1.82) is 0 Å². The van der Waals surface area contributed by atoms with Crippen LogP contribution in [0.4, 0.5) is 5.13 Å². The zero-order chi connectivity index (χ0) is 14.8. The number of rotatable bonds is 4. The van der Waals surface area contributed by atoms with Crippen LogP contribution in [0.2, 0.25) is 0 Å². The highest BCUT2D eigenvalue weighted by Gasteiger charge is 2.25. The number of nitrogens with zero attached hydrogens (tertiary/aromatic N) is 2. The van der Waals surface area contributed by atoms with Crippen LogP contribution in [0.1, 0.15) is 44.7 Å². The molecule has 1 fully saturated rings. The first-order chi connectivity index (χ1) is 9.37. The summed E-state index contributed by atoms with van der Waals surface area (Å²) in [6.45, 7) is 14.4. The van der Waals surface area contributed by atoms with E-state index < -0.39 is 0 Å². The first kappa shape index (κ1) is 16.1. The first-order valence-electron chi connectivity index (χ1n) is 7.46. The third-order valence-corrected chi connectivity index (χ3v) is 6.25. The van der Waals surface area contributed by atoms with Crippen molar-refractivity contribution in [2.75, 3.05) is 23.7 Å². The number of anilines is 1. The Bertz CT molecular complexity index is 440. The molecule has 2 rings (SSSR count). The number of thioether (sulfide) groups is 1. The van der Waals surface area contributed by atoms with Crippen molar-refractivity contribution in [3.05, 3.63) is 10.6 Å². The lowest BCUT2D eigenvalue weighted by molar-refractivity contribution is 0.591. The van der Waals surface area contributed by atoms with Crippen molar-refractivity contribution in [1.82, 2.24) is 10.3 Å². The van der Waals surface area contributed by atoms with Crippen LogP contribution in [0.15, 0.2) is 0 Å². The molecule has 0 aromatic carbocycles. The van der Waals surface area contributed by atoms with Gasteiger partial charge in [-0.05, 0) is 13.3 Å². The Balaban J connectivity index is 2.03. The van der Waals surface area contributed by atoms with Crippen LogP contribution in [-0.2, 0) is 6.54 Å². The summed E-state index contributed by atoms with van der Waals surface area (Å²) in [5.74, 6) is 1.20. The van der Waals surface area contributed by atoms with Gasteiger partial charge in [0.1, 0.15) is 0 Å². The zero-order valence-electron chi connectivity index (χ0n) is 13.3. The molecule has 1 aliphatic heterocycles. The van der Waals surface area contributed by atoms with Crippen molar-refractivity contribution in [3.8, 4) is 0 Å². The van der Waals surface area contributed by atoms with Crippen molar-refractivity contribution in [3.63, 3.8) is 0 Å². The largest absolute Gasteiger partial charge is 0.347 e. The predicted octanol–water partition coefficient (Wildman–Crippen LogP) is 3.67. The minimum absolute atomic E-state index is 0.406. The molecule has 1 aliphatic rings. The van der Waals surface area contributed by atoms with Crippen LogP contribution in [-0.4, -0.2) is 34.6 Å².